The lowest BCUT2D eigenvalue weighted by Gasteiger charge is -2.28. The van der Waals surface area contributed by atoms with E-state index < -0.39 is 0 Å². The second kappa shape index (κ2) is 2.35. The third-order valence-corrected chi connectivity index (χ3v) is 1.78. The van der Waals surface area contributed by atoms with E-state index >= 15 is 0 Å². The minimum Gasteiger partial charge on any atom is -0.330 e. The summed E-state index contributed by atoms with van der Waals surface area (Å²) in [5, 5.41) is 0. The van der Waals surface area contributed by atoms with Gasteiger partial charge in [-0.05, 0) is 12.8 Å². The van der Waals surface area contributed by atoms with E-state index in [4.69, 9.17) is 5.73 Å². The predicted molar refractivity (Wildman–Crippen MR) is 34.6 cm³/mol. The summed E-state index contributed by atoms with van der Waals surface area (Å²) in [5.74, 6) is 0.175. The van der Waals surface area contributed by atoms with Crippen molar-refractivity contribution in [1.29, 1.82) is 0 Å². The van der Waals surface area contributed by atoms with Gasteiger partial charge in [0.15, 0.2) is 0 Å². The number of hydrogen-bond acceptors (Lipinski definition) is 2. The first-order valence-corrected chi connectivity index (χ1v) is 3.23. The molecule has 1 aliphatic heterocycles. The van der Waals surface area contributed by atoms with Crippen LogP contribution in [0.1, 0.15) is 19.3 Å². The molecular weight excluding hydrogens is 116 g/mol. The highest BCUT2D eigenvalue weighted by Gasteiger charge is 2.20. The first-order chi connectivity index (χ1) is 4.22. The van der Waals surface area contributed by atoms with E-state index in [-0.39, 0.29) is 12.1 Å². The van der Waals surface area contributed by atoms with Crippen LogP contribution in [0.3, 0.4) is 0 Å². The maximum absolute atomic E-state index is 10.9. The largest absolute Gasteiger partial charge is 0.330 e. The Morgan fingerprint density at radius 2 is 2.44 bits per heavy atom. The fourth-order valence-electron chi connectivity index (χ4n) is 1.02. The van der Waals surface area contributed by atoms with Gasteiger partial charge in [-0.15, -0.1) is 0 Å². The van der Waals surface area contributed by atoms with Crippen LogP contribution < -0.4 is 5.73 Å². The van der Waals surface area contributed by atoms with Gasteiger partial charge in [-0.3, -0.25) is 4.79 Å². The van der Waals surface area contributed by atoms with Crippen molar-refractivity contribution in [1.82, 2.24) is 4.90 Å². The highest BCUT2D eigenvalue weighted by molar-refractivity contribution is 5.76. The van der Waals surface area contributed by atoms with Crippen LogP contribution in [0.2, 0.25) is 0 Å². The summed E-state index contributed by atoms with van der Waals surface area (Å²) in [7, 11) is 1.76. The molecular formula is C6H12N2O. The van der Waals surface area contributed by atoms with Crippen molar-refractivity contribution >= 4 is 5.91 Å². The molecule has 0 aliphatic carbocycles. The first-order valence-electron chi connectivity index (χ1n) is 3.23. The zero-order chi connectivity index (χ0) is 6.85. The number of piperidine rings is 1. The lowest BCUT2D eigenvalue weighted by molar-refractivity contribution is -0.134. The van der Waals surface area contributed by atoms with Crippen molar-refractivity contribution in [2.45, 2.75) is 25.4 Å². The van der Waals surface area contributed by atoms with Gasteiger partial charge >= 0.3 is 0 Å². The molecule has 0 aromatic heterocycles. The Hall–Kier alpha value is -0.570. The fourth-order valence-corrected chi connectivity index (χ4v) is 1.02. The smallest absolute Gasteiger partial charge is 0.223 e. The van der Waals surface area contributed by atoms with Gasteiger partial charge in [0.1, 0.15) is 0 Å². The summed E-state index contributed by atoms with van der Waals surface area (Å²) in [6, 6.07) is 0. The molecule has 1 atom stereocenters. The standard InChI is InChI=1S/C6H12N2O/c1-8-5(7)3-2-4-6(8)9/h5H,2-4,7H2,1H3. The zero-order valence-electron chi connectivity index (χ0n) is 5.63. The van der Waals surface area contributed by atoms with Crippen LogP contribution in [-0.2, 0) is 4.79 Å². The molecule has 0 spiro atoms. The van der Waals surface area contributed by atoms with Gasteiger partial charge in [0, 0.05) is 13.5 Å². The SMILES string of the molecule is CN1C(=O)CCCC1N. The van der Waals surface area contributed by atoms with E-state index in [0.29, 0.717) is 6.42 Å². The number of likely N-dealkylation sites (tertiary alicyclic amines) is 1. The maximum Gasteiger partial charge on any atom is 0.223 e. The zero-order valence-corrected chi connectivity index (χ0v) is 5.63. The molecule has 1 heterocycles. The third-order valence-electron chi connectivity index (χ3n) is 1.78. The Balaban J connectivity index is 2.51. The molecule has 0 saturated carbocycles. The summed E-state index contributed by atoms with van der Waals surface area (Å²) in [4.78, 5) is 12.5. The highest BCUT2D eigenvalue weighted by Crippen LogP contribution is 2.11. The Kier molecular flexibility index (Phi) is 1.71. The van der Waals surface area contributed by atoms with Crippen molar-refractivity contribution in [3.63, 3.8) is 0 Å². The second-order valence-electron chi connectivity index (χ2n) is 2.46. The molecule has 1 rings (SSSR count). The third kappa shape index (κ3) is 1.21. The van der Waals surface area contributed by atoms with Gasteiger partial charge in [-0.2, -0.15) is 0 Å². The minimum absolute atomic E-state index is 0.0359. The van der Waals surface area contributed by atoms with Crippen LogP contribution in [0.5, 0.6) is 0 Å². The molecule has 0 bridgehead atoms. The van der Waals surface area contributed by atoms with Crippen LogP contribution in [-0.4, -0.2) is 24.0 Å². The Bertz CT molecular complexity index is 124. The van der Waals surface area contributed by atoms with Crippen LogP contribution in [0, 0.1) is 0 Å². The summed E-state index contributed by atoms with van der Waals surface area (Å²) in [6.07, 6.45) is 2.53. The Labute approximate surface area is 54.8 Å². The number of amides is 1. The number of nitrogens with two attached hydrogens (primary N) is 1. The van der Waals surface area contributed by atoms with Gasteiger partial charge in [-0.1, -0.05) is 0 Å². The second-order valence-corrected chi connectivity index (χ2v) is 2.46. The number of rotatable bonds is 0. The lowest BCUT2D eigenvalue weighted by Crippen LogP contribution is -2.45. The molecule has 1 aliphatic rings. The van der Waals surface area contributed by atoms with Crippen molar-refractivity contribution in [2.24, 2.45) is 5.73 Å². The molecule has 0 radical (unpaired) electrons. The summed E-state index contributed by atoms with van der Waals surface area (Å²) < 4.78 is 0. The van der Waals surface area contributed by atoms with Crippen LogP contribution in [0.25, 0.3) is 0 Å². The normalized spacial score (nSPS) is 28.9. The molecule has 2 N–H and O–H groups in total. The Morgan fingerprint density at radius 3 is 2.89 bits per heavy atom. The molecule has 9 heavy (non-hydrogen) atoms. The van der Waals surface area contributed by atoms with E-state index in [1.54, 1.807) is 11.9 Å². The number of hydrogen-bond donors (Lipinski definition) is 1. The van der Waals surface area contributed by atoms with Crippen molar-refractivity contribution in [2.75, 3.05) is 7.05 Å². The topological polar surface area (TPSA) is 46.3 Å². The van der Waals surface area contributed by atoms with Gasteiger partial charge < -0.3 is 10.6 Å². The first kappa shape index (κ1) is 6.55. The monoisotopic (exact) mass is 128 g/mol. The van der Waals surface area contributed by atoms with E-state index in [1.165, 1.54) is 0 Å². The number of carbonyl (C=O) groups excluding carboxylic acids is 1. The van der Waals surface area contributed by atoms with Gasteiger partial charge in [0.2, 0.25) is 5.91 Å². The van der Waals surface area contributed by atoms with Gasteiger partial charge in [0.05, 0.1) is 6.17 Å². The summed E-state index contributed by atoms with van der Waals surface area (Å²) in [5.41, 5.74) is 5.57. The maximum atomic E-state index is 10.9. The molecule has 1 fully saturated rings. The van der Waals surface area contributed by atoms with Gasteiger partial charge in [-0.25, -0.2) is 0 Å². The molecule has 1 saturated heterocycles. The molecule has 1 amide bonds. The molecule has 0 aromatic carbocycles. The molecule has 3 nitrogen and oxygen atoms in total. The van der Waals surface area contributed by atoms with Crippen LogP contribution >= 0.6 is 0 Å². The lowest BCUT2D eigenvalue weighted by atomic mass is 10.1. The van der Waals surface area contributed by atoms with Crippen molar-refractivity contribution in [3.05, 3.63) is 0 Å². The van der Waals surface area contributed by atoms with Crippen LogP contribution in [0.15, 0.2) is 0 Å². The summed E-state index contributed by atoms with van der Waals surface area (Å²) >= 11 is 0. The fraction of sp³-hybridized carbons (Fsp3) is 0.833. The molecule has 0 aromatic rings. The van der Waals surface area contributed by atoms with Gasteiger partial charge in [0.25, 0.3) is 0 Å². The van der Waals surface area contributed by atoms with Crippen molar-refractivity contribution < 1.29 is 4.79 Å². The highest BCUT2D eigenvalue weighted by atomic mass is 16.2. The number of nitrogens with zero attached hydrogens (tertiary/aromatic N) is 1. The number of carbonyl (C=O) groups is 1. The molecule has 1 unspecified atom stereocenters. The predicted octanol–water partition coefficient (Wildman–Crippen LogP) is -0.0865. The quantitative estimate of drug-likeness (QED) is 0.495. The minimum atomic E-state index is -0.0359. The average Bonchev–Trinajstić information content (AvgIpc) is 1.83. The molecule has 52 valence electrons. The average molecular weight is 128 g/mol. The van der Waals surface area contributed by atoms with E-state index in [9.17, 15) is 4.79 Å². The van der Waals surface area contributed by atoms with E-state index in [0.717, 1.165) is 12.8 Å². The summed E-state index contributed by atoms with van der Waals surface area (Å²) in [6.45, 7) is 0. The van der Waals surface area contributed by atoms with E-state index in [2.05, 4.69) is 0 Å². The van der Waals surface area contributed by atoms with E-state index in [1.807, 2.05) is 0 Å². The molecule has 3 heteroatoms. The Morgan fingerprint density at radius 1 is 1.78 bits per heavy atom. The van der Waals surface area contributed by atoms with Crippen molar-refractivity contribution in [3.8, 4) is 0 Å². The van der Waals surface area contributed by atoms with Crippen LogP contribution in [0.4, 0.5) is 0 Å².